The standard InChI is InChI=1S/C14H19ClN2O3S/c1-21(18,19)16-13-2-4-17(9-13)8-11-7-12(15)6-10-3-5-20-14(10)11/h6-7,13,16H,2-5,8-9H2,1H3/t13-/m1/s1. The SMILES string of the molecule is CS(=O)(=O)N[C@@H]1CCN(Cc2cc(Cl)cc3c2OCC3)C1. The lowest BCUT2D eigenvalue weighted by Gasteiger charge is -2.18. The van der Waals surface area contributed by atoms with E-state index >= 15 is 0 Å². The normalized spacial score (nSPS) is 22.3. The van der Waals surface area contributed by atoms with Gasteiger partial charge in [0.15, 0.2) is 0 Å². The molecule has 1 atom stereocenters. The smallest absolute Gasteiger partial charge is 0.208 e. The Morgan fingerprint density at radius 2 is 2.29 bits per heavy atom. The number of sulfonamides is 1. The number of rotatable bonds is 4. The predicted octanol–water partition coefficient (Wildman–Crippen LogP) is 1.40. The van der Waals surface area contributed by atoms with Crippen molar-refractivity contribution in [1.82, 2.24) is 9.62 Å². The molecule has 116 valence electrons. The lowest BCUT2D eigenvalue weighted by atomic mass is 10.1. The van der Waals surface area contributed by atoms with E-state index in [0.29, 0.717) is 13.2 Å². The Morgan fingerprint density at radius 3 is 3.05 bits per heavy atom. The first kappa shape index (κ1) is 15.1. The van der Waals surface area contributed by atoms with E-state index in [-0.39, 0.29) is 6.04 Å². The Labute approximate surface area is 130 Å². The fourth-order valence-corrected chi connectivity index (χ4v) is 4.14. The van der Waals surface area contributed by atoms with Crippen molar-refractivity contribution in [3.8, 4) is 5.75 Å². The van der Waals surface area contributed by atoms with Gasteiger partial charge in [-0.2, -0.15) is 0 Å². The summed E-state index contributed by atoms with van der Waals surface area (Å²) in [6, 6.07) is 3.90. The molecule has 1 aromatic carbocycles. The van der Waals surface area contributed by atoms with E-state index in [1.807, 2.05) is 12.1 Å². The molecule has 5 nitrogen and oxygen atoms in total. The molecule has 0 saturated carbocycles. The molecule has 7 heteroatoms. The minimum absolute atomic E-state index is 0.00634. The van der Waals surface area contributed by atoms with E-state index in [1.54, 1.807) is 0 Å². The van der Waals surface area contributed by atoms with Crippen LogP contribution >= 0.6 is 11.6 Å². The fraction of sp³-hybridized carbons (Fsp3) is 0.571. The minimum atomic E-state index is -3.14. The van der Waals surface area contributed by atoms with Gasteiger partial charge in [-0.3, -0.25) is 4.90 Å². The number of halogens is 1. The number of ether oxygens (including phenoxy) is 1. The van der Waals surface area contributed by atoms with Crippen LogP contribution in [-0.2, 0) is 23.0 Å². The average Bonchev–Trinajstić information content (AvgIpc) is 2.96. The zero-order valence-electron chi connectivity index (χ0n) is 11.9. The molecule has 2 heterocycles. The van der Waals surface area contributed by atoms with Gasteiger partial charge in [0.2, 0.25) is 10.0 Å². The predicted molar refractivity (Wildman–Crippen MR) is 82.3 cm³/mol. The van der Waals surface area contributed by atoms with Crippen LogP contribution in [0.25, 0.3) is 0 Å². The second-order valence-corrected chi connectivity index (χ2v) is 7.98. The zero-order valence-corrected chi connectivity index (χ0v) is 13.5. The molecule has 21 heavy (non-hydrogen) atoms. The number of likely N-dealkylation sites (tertiary alicyclic amines) is 1. The van der Waals surface area contributed by atoms with Crippen molar-refractivity contribution in [1.29, 1.82) is 0 Å². The van der Waals surface area contributed by atoms with Gasteiger partial charge in [-0.15, -0.1) is 0 Å². The molecule has 0 aliphatic carbocycles. The molecule has 0 spiro atoms. The third-order valence-electron chi connectivity index (χ3n) is 3.87. The monoisotopic (exact) mass is 330 g/mol. The summed E-state index contributed by atoms with van der Waals surface area (Å²) >= 11 is 6.16. The average molecular weight is 331 g/mol. The van der Waals surface area contributed by atoms with Crippen molar-refractivity contribution >= 4 is 21.6 Å². The Bertz CT molecular complexity index is 648. The van der Waals surface area contributed by atoms with Crippen molar-refractivity contribution in [2.75, 3.05) is 26.0 Å². The van der Waals surface area contributed by atoms with Gasteiger partial charge in [0.05, 0.1) is 12.9 Å². The highest BCUT2D eigenvalue weighted by atomic mass is 35.5. The van der Waals surface area contributed by atoms with Crippen molar-refractivity contribution < 1.29 is 13.2 Å². The Kier molecular flexibility index (Phi) is 4.14. The van der Waals surface area contributed by atoms with Gasteiger partial charge in [-0.25, -0.2) is 13.1 Å². The summed E-state index contributed by atoms with van der Waals surface area (Å²) in [5.41, 5.74) is 2.26. The number of nitrogens with zero attached hydrogens (tertiary/aromatic N) is 1. The first-order valence-corrected chi connectivity index (χ1v) is 9.31. The molecule has 0 bridgehead atoms. The van der Waals surface area contributed by atoms with Crippen LogP contribution in [-0.4, -0.2) is 45.3 Å². The summed E-state index contributed by atoms with van der Waals surface area (Å²) in [5, 5.41) is 0.735. The number of nitrogens with one attached hydrogen (secondary N) is 1. The van der Waals surface area contributed by atoms with Crippen molar-refractivity contribution in [2.45, 2.75) is 25.4 Å². The van der Waals surface area contributed by atoms with Gasteiger partial charge in [0.25, 0.3) is 0 Å². The van der Waals surface area contributed by atoms with Gasteiger partial charge in [-0.1, -0.05) is 11.6 Å². The summed E-state index contributed by atoms with van der Waals surface area (Å²) in [5.74, 6) is 0.957. The summed E-state index contributed by atoms with van der Waals surface area (Å²) in [6.45, 7) is 3.04. The molecule has 1 aromatic rings. The quantitative estimate of drug-likeness (QED) is 0.906. The summed E-state index contributed by atoms with van der Waals surface area (Å²) < 4.78 is 30.9. The fourth-order valence-electron chi connectivity index (χ4n) is 3.08. The molecule has 1 saturated heterocycles. The molecular weight excluding hydrogens is 312 g/mol. The second-order valence-electron chi connectivity index (χ2n) is 5.76. The second kappa shape index (κ2) is 5.76. The van der Waals surface area contributed by atoms with Crippen LogP contribution in [0.4, 0.5) is 0 Å². The van der Waals surface area contributed by atoms with E-state index in [0.717, 1.165) is 42.3 Å². The first-order valence-electron chi connectivity index (χ1n) is 7.04. The van der Waals surface area contributed by atoms with E-state index in [2.05, 4.69) is 9.62 Å². The molecule has 1 N–H and O–H groups in total. The highest BCUT2D eigenvalue weighted by Gasteiger charge is 2.26. The molecule has 2 aliphatic rings. The lowest BCUT2D eigenvalue weighted by molar-refractivity contribution is 0.308. The van der Waals surface area contributed by atoms with Crippen LogP contribution < -0.4 is 9.46 Å². The third-order valence-corrected chi connectivity index (χ3v) is 4.85. The maximum absolute atomic E-state index is 11.3. The van der Waals surface area contributed by atoms with Crippen LogP contribution in [0.1, 0.15) is 17.5 Å². The summed E-state index contributed by atoms with van der Waals surface area (Å²) in [6.07, 6.45) is 2.94. The zero-order chi connectivity index (χ0) is 15.0. The summed E-state index contributed by atoms with van der Waals surface area (Å²) in [4.78, 5) is 2.23. The van der Waals surface area contributed by atoms with E-state index in [4.69, 9.17) is 16.3 Å². The van der Waals surface area contributed by atoms with Gasteiger partial charge in [0.1, 0.15) is 5.75 Å². The maximum Gasteiger partial charge on any atom is 0.208 e. The van der Waals surface area contributed by atoms with E-state index in [9.17, 15) is 8.42 Å². The maximum atomic E-state index is 11.3. The topological polar surface area (TPSA) is 58.6 Å². The largest absolute Gasteiger partial charge is 0.493 e. The van der Waals surface area contributed by atoms with Crippen LogP contribution in [0.2, 0.25) is 5.02 Å². The van der Waals surface area contributed by atoms with Crippen molar-refractivity contribution in [2.24, 2.45) is 0 Å². The third kappa shape index (κ3) is 3.69. The molecule has 0 aromatic heterocycles. The van der Waals surface area contributed by atoms with Crippen molar-refractivity contribution in [3.05, 3.63) is 28.3 Å². The first-order chi connectivity index (χ1) is 9.90. The van der Waals surface area contributed by atoms with E-state index in [1.165, 1.54) is 11.8 Å². The van der Waals surface area contributed by atoms with Crippen molar-refractivity contribution in [3.63, 3.8) is 0 Å². The molecular formula is C14H19ClN2O3S. The molecule has 0 radical (unpaired) electrons. The molecule has 0 unspecified atom stereocenters. The Morgan fingerprint density at radius 1 is 1.48 bits per heavy atom. The van der Waals surface area contributed by atoms with Gasteiger partial charge in [-0.05, 0) is 24.1 Å². The highest BCUT2D eigenvalue weighted by Crippen LogP contribution is 2.34. The van der Waals surface area contributed by atoms with Crippen LogP contribution in [0, 0.1) is 0 Å². The number of fused-ring (bicyclic) bond motifs is 1. The van der Waals surface area contributed by atoms with Gasteiger partial charge < -0.3 is 4.74 Å². The van der Waals surface area contributed by atoms with Crippen LogP contribution in [0.3, 0.4) is 0 Å². The highest BCUT2D eigenvalue weighted by molar-refractivity contribution is 7.88. The minimum Gasteiger partial charge on any atom is -0.493 e. The molecule has 1 fully saturated rings. The lowest BCUT2D eigenvalue weighted by Crippen LogP contribution is -2.36. The van der Waals surface area contributed by atoms with E-state index < -0.39 is 10.0 Å². The van der Waals surface area contributed by atoms with Gasteiger partial charge in [0, 0.05) is 42.7 Å². The Hall–Kier alpha value is -0.820. The number of hydrogen-bond donors (Lipinski definition) is 1. The van der Waals surface area contributed by atoms with Crippen LogP contribution in [0.5, 0.6) is 5.75 Å². The summed E-state index contributed by atoms with van der Waals surface area (Å²) in [7, 11) is -3.14. The number of hydrogen-bond acceptors (Lipinski definition) is 4. The molecule has 3 rings (SSSR count). The Balaban J connectivity index is 1.69. The van der Waals surface area contributed by atoms with Crippen LogP contribution in [0.15, 0.2) is 12.1 Å². The molecule has 0 amide bonds. The molecule has 2 aliphatic heterocycles. The number of benzene rings is 1. The van der Waals surface area contributed by atoms with Gasteiger partial charge >= 0.3 is 0 Å².